The van der Waals surface area contributed by atoms with Crippen molar-refractivity contribution in [2.75, 3.05) is 6.54 Å². The second-order valence-electron chi connectivity index (χ2n) is 6.85. The number of imide groups is 1. The normalized spacial score (nSPS) is 20.5. The lowest BCUT2D eigenvalue weighted by atomic mass is 9.76. The van der Waals surface area contributed by atoms with E-state index in [4.69, 9.17) is 0 Å². The number of amides is 2. The zero-order chi connectivity index (χ0) is 18.0. The van der Waals surface area contributed by atoms with Gasteiger partial charge in [-0.3, -0.25) is 14.5 Å². The van der Waals surface area contributed by atoms with Gasteiger partial charge in [-0.25, -0.2) is 4.98 Å². The van der Waals surface area contributed by atoms with Crippen molar-refractivity contribution >= 4 is 11.8 Å². The first-order chi connectivity index (χ1) is 12.0. The molecule has 5 heteroatoms. The van der Waals surface area contributed by atoms with Crippen LogP contribution in [0, 0.1) is 13.8 Å². The van der Waals surface area contributed by atoms with Crippen molar-refractivity contribution < 1.29 is 9.59 Å². The topological polar surface area (TPSA) is 55.2 Å². The number of aromatic nitrogens is 2. The zero-order valence-corrected chi connectivity index (χ0v) is 15.2. The number of nitrogens with zero attached hydrogens (tertiary/aromatic N) is 3. The highest BCUT2D eigenvalue weighted by atomic mass is 16.2. The summed E-state index contributed by atoms with van der Waals surface area (Å²) >= 11 is 0. The van der Waals surface area contributed by atoms with E-state index in [1.165, 1.54) is 4.90 Å². The van der Waals surface area contributed by atoms with Crippen LogP contribution in [-0.2, 0) is 21.5 Å². The maximum Gasteiger partial charge on any atom is 0.240 e. The molecule has 132 valence electrons. The molecule has 25 heavy (non-hydrogen) atoms. The molecule has 5 nitrogen and oxygen atoms in total. The summed E-state index contributed by atoms with van der Waals surface area (Å²) in [6.07, 6.45) is 5.34. The lowest BCUT2D eigenvalue weighted by Gasteiger charge is -2.26. The fourth-order valence-electron chi connectivity index (χ4n) is 3.64. The highest BCUT2D eigenvalue weighted by molar-refractivity contribution is 6.09. The van der Waals surface area contributed by atoms with Crippen molar-refractivity contribution in [1.29, 1.82) is 0 Å². The first-order valence-corrected chi connectivity index (χ1v) is 8.87. The van der Waals surface area contributed by atoms with Gasteiger partial charge in [-0.15, -0.1) is 0 Å². The van der Waals surface area contributed by atoms with Crippen molar-refractivity contribution in [3.63, 3.8) is 0 Å². The molecule has 1 aliphatic rings. The second-order valence-corrected chi connectivity index (χ2v) is 6.85. The van der Waals surface area contributed by atoms with Crippen molar-refractivity contribution in [2.45, 2.75) is 52.0 Å². The third-order valence-corrected chi connectivity index (χ3v) is 5.32. The van der Waals surface area contributed by atoms with Crippen LogP contribution in [0.2, 0.25) is 0 Å². The van der Waals surface area contributed by atoms with E-state index >= 15 is 0 Å². The highest BCUT2D eigenvalue weighted by Gasteiger charge is 2.51. The molecular formula is C20H25N3O2. The minimum absolute atomic E-state index is 0.0498. The number of hydrogen-bond donors (Lipinski definition) is 0. The van der Waals surface area contributed by atoms with Gasteiger partial charge in [0.25, 0.3) is 0 Å². The van der Waals surface area contributed by atoms with Gasteiger partial charge < -0.3 is 4.57 Å². The number of hydrogen-bond acceptors (Lipinski definition) is 3. The van der Waals surface area contributed by atoms with Crippen LogP contribution in [0.15, 0.2) is 36.7 Å². The predicted molar refractivity (Wildman–Crippen MR) is 96.1 cm³/mol. The first kappa shape index (κ1) is 17.4. The monoisotopic (exact) mass is 339 g/mol. The van der Waals surface area contributed by atoms with Crippen molar-refractivity contribution in [2.24, 2.45) is 0 Å². The Kier molecular flexibility index (Phi) is 4.75. The van der Waals surface area contributed by atoms with Crippen molar-refractivity contribution in [1.82, 2.24) is 14.5 Å². The zero-order valence-electron chi connectivity index (χ0n) is 15.2. The fraction of sp³-hybridized carbons (Fsp3) is 0.450. The number of carbonyl (C=O) groups is 2. The van der Waals surface area contributed by atoms with E-state index in [-0.39, 0.29) is 18.2 Å². The van der Waals surface area contributed by atoms with E-state index in [1.54, 1.807) is 6.20 Å². The molecule has 0 saturated carbocycles. The Labute approximate surface area is 148 Å². The van der Waals surface area contributed by atoms with Gasteiger partial charge in [0, 0.05) is 31.9 Å². The minimum atomic E-state index is -0.699. The lowest BCUT2D eigenvalue weighted by molar-refractivity contribution is -0.140. The number of rotatable bonds is 6. The summed E-state index contributed by atoms with van der Waals surface area (Å²) < 4.78 is 2.04. The minimum Gasteiger partial charge on any atom is -0.335 e. The maximum atomic E-state index is 13.1. The maximum absolute atomic E-state index is 13.1. The van der Waals surface area contributed by atoms with E-state index < -0.39 is 5.41 Å². The summed E-state index contributed by atoms with van der Waals surface area (Å²) in [6, 6.07) is 7.99. The highest BCUT2D eigenvalue weighted by Crippen LogP contribution is 2.39. The Morgan fingerprint density at radius 1 is 1.12 bits per heavy atom. The Bertz CT molecular complexity index is 778. The van der Waals surface area contributed by atoms with Gasteiger partial charge in [0.15, 0.2) is 0 Å². The van der Waals surface area contributed by atoms with E-state index in [9.17, 15) is 9.59 Å². The third-order valence-electron chi connectivity index (χ3n) is 5.32. The summed E-state index contributed by atoms with van der Waals surface area (Å²) in [6.45, 7) is 7.18. The van der Waals surface area contributed by atoms with Crippen LogP contribution in [-0.4, -0.2) is 32.8 Å². The standard InChI is InChI=1S/C20H25N3O2/c1-4-20(17-8-6-15(2)7-9-17)14-18(24)23(19(20)25)12-5-11-22-13-10-21-16(22)3/h6-10,13H,4-5,11-12,14H2,1-3H3/t20-/m1/s1. The molecule has 2 amide bonds. The molecule has 1 aromatic carbocycles. The Balaban J connectivity index is 1.74. The second kappa shape index (κ2) is 6.82. The van der Waals surface area contributed by atoms with Gasteiger partial charge in [-0.05, 0) is 32.3 Å². The van der Waals surface area contributed by atoms with Gasteiger partial charge >= 0.3 is 0 Å². The molecule has 0 N–H and O–H groups in total. The molecule has 0 aliphatic carbocycles. The molecule has 0 unspecified atom stereocenters. The van der Waals surface area contributed by atoms with Crippen LogP contribution in [0.1, 0.15) is 43.1 Å². The number of imidazole rings is 1. The summed E-state index contributed by atoms with van der Waals surface area (Å²) in [5.41, 5.74) is 1.40. The Morgan fingerprint density at radius 3 is 2.44 bits per heavy atom. The molecule has 2 heterocycles. The summed E-state index contributed by atoms with van der Waals surface area (Å²) in [5.74, 6) is 0.836. The molecule has 3 rings (SSSR count). The van der Waals surface area contributed by atoms with E-state index in [0.29, 0.717) is 13.0 Å². The van der Waals surface area contributed by atoms with E-state index in [2.05, 4.69) is 4.98 Å². The molecule has 0 spiro atoms. The smallest absolute Gasteiger partial charge is 0.240 e. The molecule has 1 saturated heterocycles. The SMILES string of the molecule is CC[C@]1(c2ccc(C)cc2)CC(=O)N(CCCn2ccnc2C)C1=O. The average Bonchev–Trinajstić information content (AvgIpc) is 3.11. The molecule has 1 fully saturated rings. The Hall–Kier alpha value is -2.43. The van der Waals surface area contributed by atoms with Gasteiger partial charge in [0.1, 0.15) is 5.82 Å². The molecular weight excluding hydrogens is 314 g/mol. The fourth-order valence-corrected chi connectivity index (χ4v) is 3.64. The largest absolute Gasteiger partial charge is 0.335 e. The summed E-state index contributed by atoms with van der Waals surface area (Å²) in [4.78, 5) is 31.3. The quantitative estimate of drug-likeness (QED) is 0.760. The summed E-state index contributed by atoms with van der Waals surface area (Å²) in [7, 11) is 0. The van der Waals surface area contributed by atoms with Gasteiger partial charge in [0.05, 0.1) is 5.41 Å². The third kappa shape index (κ3) is 3.11. The lowest BCUT2D eigenvalue weighted by Crippen LogP contribution is -2.38. The number of likely N-dealkylation sites (tertiary alicyclic amines) is 1. The first-order valence-electron chi connectivity index (χ1n) is 8.87. The van der Waals surface area contributed by atoms with Crippen LogP contribution < -0.4 is 0 Å². The Morgan fingerprint density at radius 2 is 1.84 bits per heavy atom. The van der Waals surface area contributed by atoms with Gasteiger partial charge in [-0.2, -0.15) is 0 Å². The number of aryl methyl sites for hydroxylation is 3. The number of carbonyl (C=O) groups excluding carboxylic acids is 2. The predicted octanol–water partition coefficient (Wildman–Crippen LogP) is 3.00. The van der Waals surface area contributed by atoms with Gasteiger partial charge in [0.2, 0.25) is 11.8 Å². The van der Waals surface area contributed by atoms with E-state index in [0.717, 1.165) is 29.9 Å². The van der Waals surface area contributed by atoms with Crippen LogP contribution in [0.3, 0.4) is 0 Å². The molecule has 1 aliphatic heterocycles. The average molecular weight is 339 g/mol. The molecule has 0 bridgehead atoms. The van der Waals surface area contributed by atoms with Gasteiger partial charge in [-0.1, -0.05) is 36.8 Å². The van der Waals surface area contributed by atoms with Crippen LogP contribution in [0.5, 0.6) is 0 Å². The molecule has 1 atom stereocenters. The molecule has 0 radical (unpaired) electrons. The number of benzene rings is 1. The molecule has 2 aromatic rings. The van der Waals surface area contributed by atoms with Crippen LogP contribution in [0.25, 0.3) is 0 Å². The summed E-state index contributed by atoms with van der Waals surface area (Å²) in [5, 5.41) is 0. The van der Waals surface area contributed by atoms with E-state index in [1.807, 2.05) is 55.8 Å². The van der Waals surface area contributed by atoms with Crippen molar-refractivity contribution in [3.05, 3.63) is 53.6 Å². The van der Waals surface area contributed by atoms with Crippen LogP contribution in [0.4, 0.5) is 0 Å². The molecule has 1 aromatic heterocycles. The van der Waals surface area contributed by atoms with Crippen LogP contribution >= 0.6 is 0 Å². The van der Waals surface area contributed by atoms with Crippen molar-refractivity contribution in [3.8, 4) is 0 Å².